The van der Waals surface area contributed by atoms with E-state index < -0.39 is 11.7 Å². The molecule has 3 aromatic rings. The third-order valence-electron chi connectivity index (χ3n) is 5.53. The van der Waals surface area contributed by atoms with Gasteiger partial charge < -0.3 is 30.2 Å². The molecule has 0 radical (unpaired) electrons. The summed E-state index contributed by atoms with van der Waals surface area (Å²) in [5, 5.41) is 6.02. The van der Waals surface area contributed by atoms with Crippen molar-refractivity contribution in [2.24, 2.45) is 0 Å². The molecule has 0 amide bonds. The predicted molar refractivity (Wildman–Crippen MR) is 117 cm³/mol. The number of rotatable bonds is 5. The summed E-state index contributed by atoms with van der Waals surface area (Å²) in [6.45, 7) is 3.86. The lowest BCUT2D eigenvalue weighted by molar-refractivity contribution is -0.136. The zero-order valence-corrected chi connectivity index (χ0v) is 17.6. The van der Waals surface area contributed by atoms with Crippen molar-refractivity contribution in [2.75, 3.05) is 62.9 Å². The minimum absolute atomic E-state index is 0.0120. The number of aromatic nitrogens is 2. The van der Waals surface area contributed by atoms with Crippen LogP contribution in [-0.4, -0.2) is 62.3 Å². The average molecular weight is 434 g/mol. The third kappa shape index (κ3) is 4.20. The molecule has 3 N–H and O–H groups in total. The van der Waals surface area contributed by atoms with Gasteiger partial charge in [-0.15, -0.1) is 0 Å². The van der Waals surface area contributed by atoms with E-state index in [1.165, 1.54) is 0 Å². The van der Waals surface area contributed by atoms with Gasteiger partial charge in [0.05, 0.1) is 23.7 Å². The van der Waals surface area contributed by atoms with E-state index >= 15 is 0 Å². The Kier molecular flexibility index (Phi) is 5.57. The summed E-state index contributed by atoms with van der Waals surface area (Å²) in [4.78, 5) is 11.5. The molecule has 1 saturated heterocycles. The van der Waals surface area contributed by atoms with Crippen molar-refractivity contribution in [1.82, 2.24) is 14.9 Å². The van der Waals surface area contributed by atoms with Gasteiger partial charge in [-0.05, 0) is 19.2 Å². The van der Waals surface area contributed by atoms with Crippen molar-refractivity contribution in [3.63, 3.8) is 0 Å². The Morgan fingerprint density at radius 3 is 2.48 bits per heavy atom. The SMILES string of the molecule is CNc1cc(Nc2ccc(N3CCN(C)CC3)cc2OC)nc2[nH]cc(C(F)(F)F)c12. The van der Waals surface area contributed by atoms with Gasteiger partial charge in [-0.3, -0.25) is 0 Å². The van der Waals surface area contributed by atoms with Crippen molar-refractivity contribution in [3.8, 4) is 5.75 Å². The highest BCUT2D eigenvalue weighted by Gasteiger charge is 2.35. The zero-order chi connectivity index (χ0) is 22.2. The molecular formula is C21H25F3N6O. The molecule has 0 bridgehead atoms. The van der Waals surface area contributed by atoms with Crippen LogP contribution in [0.3, 0.4) is 0 Å². The number of halogens is 3. The van der Waals surface area contributed by atoms with Crippen LogP contribution in [0.25, 0.3) is 11.0 Å². The Morgan fingerprint density at radius 1 is 1.10 bits per heavy atom. The number of benzene rings is 1. The number of likely N-dealkylation sites (N-methyl/N-ethyl adjacent to an activating group) is 1. The summed E-state index contributed by atoms with van der Waals surface area (Å²) in [7, 11) is 5.28. The summed E-state index contributed by atoms with van der Waals surface area (Å²) in [6.07, 6.45) is -3.53. The normalized spacial score (nSPS) is 15.4. The number of ether oxygens (including phenoxy) is 1. The van der Waals surface area contributed by atoms with Crippen LogP contribution in [0.5, 0.6) is 5.75 Å². The number of nitrogens with one attached hydrogen (secondary N) is 3. The van der Waals surface area contributed by atoms with Crippen LogP contribution >= 0.6 is 0 Å². The van der Waals surface area contributed by atoms with Crippen LogP contribution in [0, 0.1) is 0 Å². The Balaban J connectivity index is 1.64. The van der Waals surface area contributed by atoms with Crippen LogP contribution in [-0.2, 0) is 6.18 Å². The number of H-pyrrole nitrogens is 1. The van der Waals surface area contributed by atoms with E-state index in [0.29, 0.717) is 22.9 Å². The number of hydrogen-bond acceptors (Lipinski definition) is 6. The average Bonchev–Trinajstić information content (AvgIpc) is 3.18. The summed E-state index contributed by atoms with van der Waals surface area (Å²) in [5.74, 6) is 1.03. The van der Waals surface area contributed by atoms with E-state index in [-0.39, 0.29) is 11.0 Å². The van der Waals surface area contributed by atoms with Crippen molar-refractivity contribution < 1.29 is 17.9 Å². The standard InChI is InChI=1S/C21H25F3N6O/c1-25-16-11-18(28-20-19(16)14(12-26-20)21(22,23)24)27-15-5-4-13(10-17(15)31-3)30-8-6-29(2)7-9-30/h4-5,10-12H,6-9H2,1-3H3,(H3,25,26,27,28). The second kappa shape index (κ2) is 8.18. The number of nitrogens with zero attached hydrogens (tertiary/aromatic N) is 3. The first kappa shape index (κ1) is 21.1. The van der Waals surface area contributed by atoms with Gasteiger partial charge in [-0.1, -0.05) is 0 Å². The van der Waals surface area contributed by atoms with Gasteiger partial charge in [0.2, 0.25) is 0 Å². The van der Waals surface area contributed by atoms with Gasteiger partial charge in [0.25, 0.3) is 0 Å². The highest BCUT2D eigenvalue weighted by Crippen LogP contribution is 2.39. The first-order valence-electron chi connectivity index (χ1n) is 9.95. The van der Waals surface area contributed by atoms with Gasteiger partial charge in [0, 0.05) is 62.9 Å². The molecule has 4 rings (SSSR count). The Labute approximate surface area is 178 Å². The maximum atomic E-state index is 13.3. The molecule has 1 aromatic carbocycles. The Morgan fingerprint density at radius 2 is 1.84 bits per heavy atom. The number of hydrogen-bond donors (Lipinski definition) is 3. The fourth-order valence-electron chi connectivity index (χ4n) is 3.80. The summed E-state index contributed by atoms with van der Waals surface area (Å²) < 4.78 is 45.5. The maximum absolute atomic E-state index is 13.3. The Hall–Kier alpha value is -3.14. The molecule has 10 heteroatoms. The molecule has 0 saturated carbocycles. The van der Waals surface area contributed by atoms with Crippen LogP contribution in [0.2, 0.25) is 0 Å². The van der Waals surface area contributed by atoms with Crippen molar-refractivity contribution in [1.29, 1.82) is 0 Å². The molecule has 1 aliphatic rings. The molecule has 3 heterocycles. The summed E-state index contributed by atoms with van der Waals surface area (Å²) in [6, 6.07) is 7.41. The van der Waals surface area contributed by atoms with Crippen LogP contribution in [0.1, 0.15) is 5.56 Å². The van der Waals surface area contributed by atoms with Crippen molar-refractivity contribution >= 4 is 33.9 Å². The highest BCUT2D eigenvalue weighted by molar-refractivity contribution is 5.95. The second-order valence-corrected chi connectivity index (χ2v) is 7.53. The molecule has 1 fully saturated rings. The minimum Gasteiger partial charge on any atom is -0.494 e. The number of aromatic amines is 1. The fraction of sp³-hybridized carbons (Fsp3) is 0.381. The second-order valence-electron chi connectivity index (χ2n) is 7.53. The quantitative estimate of drug-likeness (QED) is 0.561. The first-order valence-corrected chi connectivity index (χ1v) is 9.95. The Bertz CT molecular complexity index is 1070. The molecule has 166 valence electrons. The zero-order valence-electron chi connectivity index (χ0n) is 17.6. The van der Waals surface area contributed by atoms with Gasteiger partial charge in [0.1, 0.15) is 17.2 Å². The van der Waals surface area contributed by atoms with Crippen LogP contribution < -0.4 is 20.3 Å². The third-order valence-corrected chi connectivity index (χ3v) is 5.53. The minimum atomic E-state index is -4.47. The number of anilines is 4. The summed E-state index contributed by atoms with van der Waals surface area (Å²) >= 11 is 0. The molecule has 0 atom stereocenters. The van der Waals surface area contributed by atoms with Gasteiger partial charge in [-0.2, -0.15) is 13.2 Å². The van der Waals surface area contributed by atoms with Gasteiger partial charge in [-0.25, -0.2) is 4.98 Å². The lowest BCUT2D eigenvalue weighted by atomic mass is 10.1. The maximum Gasteiger partial charge on any atom is 0.418 e. The number of fused-ring (bicyclic) bond motifs is 1. The molecule has 0 unspecified atom stereocenters. The lowest BCUT2D eigenvalue weighted by Gasteiger charge is -2.34. The topological polar surface area (TPSA) is 68.4 Å². The van der Waals surface area contributed by atoms with E-state index in [2.05, 4.69) is 37.4 Å². The molecule has 0 spiro atoms. The number of alkyl halides is 3. The highest BCUT2D eigenvalue weighted by atomic mass is 19.4. The van der Waals surface area contributed by atoms with E-state index in [4.69, 9.17) is 4.74 Å². The van der Waals surface area contributed by atoms with Crippen LogP contribution in [0.4, 0.5) is 36.1 Å². The smallest absolute Gasteiger partial charge is 0.418 e. The van der Waals surface area contributed by atoms with Gasteiger partial charge in [0.15, 0.2) is 0 Å². The fourth-order valence-corrected chi connectivity index (χ4v) is 3.80. The monoisotopic (exact) mass is 434 g/mol. The molecular weight excluding hydrogens is 409 g/mol. The van der Waals surface area contributed by atoms with E-state index in [0.717, 1.165) is 38.1 Å². The van der Waals surface area contributed by atoms with Gasteiger partial charge >= 0.3 is 6.18 Å². The summed E-state index contributed by atoms with van der Waals surface area (Å²) in [5.41, 5.74) is 1.47. The lowest BCUT2D eigenvalue weighted by Crippen LogP contribution is -2.44. The van der Waals surface area contributed by atoms with Crippen molar-refractivity contribution in [3.05, 3.63) is 36.0 Å². The molecule has 2 aromatic heterocycles. The largest absolute Gasteiger partial charge is 0.494 e. The molecule has 31 heavy (non-hydrogen) atoms. The first-order chi connectivity index (χ1) is 14.8. The molecule has 0 aliphatic carbocycles. The predicted octanol–water partition coefficient (Wildman–Crippen LogP) is 4.13. The number of methoxy groups -OCH3 is 1. The number of pyridine rings is 1. The van der Waals surface area contributed by atoms with E-state index in [1.807, 2.05) is 18.2 Å². The van der Waals surface area contributed by atoms with E-state index in [1.54, 1.807) is 20.2 Å². The molecule has 7 nitrogen and oxygen atoms in total. The van der Waals surface area contributed by atoms with Crippen LogP contribution in [0.15, 0.2) is 30.5 Å². The van der Waals surface area contributed by atoms with Crippen molar-refractivity contribution in [2.45, 2.75) is 6.18 Å². The number of piperazine rings is 1. The molecule has 1 aliphatic heterocycles. The van der Waals surface area contributed by atoms with E-state index in [9.17, 15) is 13.2 Å².